The van der Waals surface area contributed by atoms with Crippen molar-refractivity contribution in [2.45, 2.75) is 56.4 Å². The molecule has 1 saturated carbocycles. The normalized spacial score (nSPS) is 15.2. The van der Waals surface area contributed by atoms with E-state index in [0.29, 0.717) is 24.4 Å². The summed E-state index contributed by atoms with van der Waals surface area (Å²) in [6, 6.07) is 9.01. The standard InChI is InChI=1S/C23H29NO6S/c1-3-15-7-10-20(17(13-15)8-11-21(25)16-5-4-6-16)24-31(28,29)18-9-12-22(26)19(14-18)23(27)30-2/h7,9-10,12-14,16,21,24-26H,3-6,8,11H2,1-2H3. The van der Waals surface area contributed by atoms with Gasteiger partial charge in [-0.3, -0.25) is 4.72 Å². The van der Waals surface area contributed by atoms with Gasteiger partial charge in [0, 0.05) is 0 Å². The second kappa shape index (κ2) is 9.70. The number of sulfonamides is 1. The number of hydrogen-bond acceptors (Lipinski definition) is 6. The number of hydrogen-bond donors (Lipinski definition) is 3. The summed E-state index contributed by atoms with van der Waals surface area (Å²) in [6.45, 7) is 2.02. The fraction of sp³-hybridized carbons (Fsp3) is 0.435. The average Bonchev–Trinajstić information content (AvgIpc) is 2.71. The molecule has 1 atom stereocenters. The third-order valence-electron chi connectivity index (χ3n) is 5.91. The van der Waals surface area contributed by atoms with Gasteiger partial charge in [0.05, 0.1) is 23.8 Å². The number of aliphatic hydroxyl groups is 1. The molecule has 0 aromatic heterocycles. The van der Waals surface area contributed by atoms with Crippen molar-refractivity contribution >= 4 is 21.7 Å². The lowest BCUT2D eigenvalue weighted by Crippen LogP contribution is -2.27. The third kappa shape index (κ3) is 5.37. The van der Waals surface area contributed by atoms with Gasteiger partial charge >= 0.3 is 5.97 Å². The minimum atomic E-state index is -4.02. The lowest BCUT2D eigenvalue weighted by molar-refractivity contribution is 0.0560. The van der Waals surface area contributed by atoms with Crippen molar-refractivity contribution in [3.63, 3.8) is 0 Å². The van der Waals surface area contributed by atoms with E-state index in [4.69, 9.17) is 0 Å². The lowest BCUT2D eigenvalue weighted by Gasteiger charge is -2.30. The number of benzene rings is 2. The zero-order valence-corrected chi connectivity index (χ0v) is 18.6. The van der Waals surface area contributed by atoms with Crippen LogP contribution >= 0.6 is 0 Å². The van der Waals surface area contributed by atoms with Crippen molar-refractivity contribution in [1.82, 2.24) is 0 Å². The van der Waals surface area contributed by atoms with Gasteiger partial charge in [0.2, 0.25) is 0 Å². The number of phenols is 1. The first-order chi connectivity index (χ1) is 14.7. The molecule has 1 fully saturated rings. The lowest BCUT2D eigenvalue weighted by atomic mass is 9.79. The van der Waals surface area contributed by atoms with E-state index in [9.17, 15) is 23.4 Å². The topological polar surface area (TPSA) is 113 Å². The van der Waals surface area contributed by atoms with E-state index >= 15 is 0 Å². The molecular weight excluding hydrogens is 418 g/mol. The number of anilines is 1. The molecule has 2 aromatic rings. The van der Waals surface area contributed by atoms with Crippen LogP contribution < -0.4 is 4.72 Å². The number of aromatic hydroxyl groups is 1. The van der Waals surface area contributed by atoms with Gasteiger partial charge in [-0.05, 0) is 73.4 Å². The Kier molecular flexibility index (Phi) is 7.23. The van der Waals surface area contributed by atoms with Crippen LogP contribution in [-0.4, -0.2) is 37.8 Å². The Balaban J connectivity index is 1.85. The van der Waals surface area contributed by atoms with Crippen LogP contribution in [0.15, 0.2) is 41.3 Å². The van der Waals surface area contributed by atoms with E-state index in [2.05, 4.69) is 9.46 Å². The first-order valence-electron chi connectivity index (χ1n) is 10.5. The SMILES string of the molecule is CCc1ccc(NS(=O)(=O)c2ccc(O)c(C(=O)OC)c2)c(CCC(O)C2CCC2)c1. The number of aliphatic hydroxyl groups excluding tert-OH is 1. The Morgan fingerprint density at radius 3 is 2.58 bits per heavy atom. The highest BCUT2D eigenvalue weighted by Crippen LogP contribution is 2.32. The van der Waals surface area contributed by atoms with Crippen molar-refractivity contribution in [2.24, 2.45) is 5.92 Å². The van der Waals surface area contributed by atoms with Crippen LogP contribution in [-0.2, 0) is 27.6 Å². The largest absolute Gasteiger partial charge is 0.507 e. The molecule has 0 saturated heterocycles. The fourth-order valence-corrected chi connectivity index (χ4v) is 4.82. The Hall–Kier alpha value is -2.58. The van der Waals surface area contributed by atoms with Crippen LogP contribution in [0.25, 0.3) is 0 Å². The number of methoxy groups -OCH3 is 1. The molecule has 1 aliphatic rings. The predicted molar refractivity (Wildman–Crippen MR) is 118 cm³/mol. The van der Waals surface area contributed by atoms with E-state index in [1.807, 2.05) is 19.1 Å². The molecule has 0 spiro atoms. The summed E-state index contributed by atoms with van der Waals surface area (Å²) in [7, 11) is -2.86. The first-order valence-corrected chi connectivity index (χ1v) is 12.0. The van der Waals surface area contributed by atoms with Crippen LogP contribution in [0.1, 0.15) is 54.1 Å². The highest BCUT2D eigenvalue weighted by molar-refractivity contribution is 7.92. The van der Waals surface area contributed by atoms with Gasteiger partial charge in [-0.2, -0.15) is 0 Å². The number of carbonyl (C=O) groups excluding carboxylic acids is 1. The molecule has 0 aliphatic heterocycles. The van der Waals surface area contributed by atoms with Gasteiger partial charge in [0.1, 0.15) is 11.3 Å². The Morgan fingerprint density at radius 2 is 1.97 bits per heavy atom. The molecule has 1 unspecified atom stereocenters. The summed E-state index contributed by atoms with van der Waals surface area (Å²) in [5, 5.41) is 20.2. The zero-order chi connectivity index (χ0) is 22.6. The summed E-state index contributed by atoms with van der Waals surface area (Å²) in [4.78, 5) is 11.6. The summed E-state index contributed by atoms with van der Waals surface area (Å²) in [6.07, 6.45) is 4.77. The van der Waals surface area contributed by atoms with Crippen molar-refractivity contribution in [3.8, 4) is 5.75 Å². The molecule has 0 heterocycles. The van der Waals surface area contributed by atoms with Gasteiger partial charge < -0.3 is 14.9 Å². The minimum absolute atomic E-state index is 0.161. The monoisotopic (exact) mass is 447 g/mol. The first kappa shape index (κ1) is 23.1. The van der Waals surface area contributed by atoms with Gasteiger partial charge in [-0.25, -0.2) is 13.2 Å². The predicted octanol–water partition coefficient (Wildman–Crippen LogP) is 3.64. The van der Waals surface area contributed by atoms with Crippen LogP contribution in [0.5, 0.6) is 5.75 Å². The van der Waals surface area contributed by atoms with Gasteiger partial charge in [-0.15, -0.1) is 0 Å². The molecule has 3 N–H and O–H groups in total. The van der Waals surface area contributed by atoms with Gasteiger partial charge in [-0.1, -0.05) is 25.5 Å². The number of ether oxygens (including phenoxy) is 1. The van der Waals surface area contributed by atoms with E-state index in [1.54, 1.807) is 6.07 Å². The molecule has 7 nitrogen and oxygen atoms in total. The Bertz CT molecular complexity index is 1050. The van der Waals surface area contributed by atoms with E-state index in [1.165, 1.54) is 6.07 Å². The highest BCUT2D eigenvalue weighted by Gasteiger charge is 2.26. The minimum Gasteiger partial charge on any atom is -0.507 e. The number of nitrogens with one attached hydrogen (secondary N) is 1. The molecule has 1 aliphatic carbocycles. The molecule has 2 aromatic carbocycles. The van der Waals surface area contributed by atoms with E-state index < -0.39 is 16.0 Å². The summed E-state index contributed by atoms with van der Waals surface area (Å²) in [5.74, 6) is -0.848. The number of esters is 1. The Labute approximate surface area is 183 Å². The van der Waals surface area contributed by atoms with E-state index in [-0.39, 0.29) is 22.3 Å². The second-order valence-corrected chi connectivity index (χ2v) is 9.60. The number of rotatable bonds is 9. The zero-order valence-electron chi connectivity index (χ0n) is 17.8. The number of phenolic OH excluding ortho intramolecular Hbond substituents is 1. The molecule has 0 amide bonds. The summed E-state index contributed by atoms with van der Waals surface area (Å²) >= 11 is 0. The highest BCUT2D eigenvalue weighted by atomic mass is 32.2. The van der Waals surface area contributed by atoms with Crippen molar-refractivity contribution in [1.29, 1.82) is 0 Å². The van der Waals surface area contributed by atoms with Gasteiger partial charge in [0.25, 0.3) is 10.0 Å². The molecule has 8 heteroatoms. The molecule has 0 bridgehead atoms. The Morgan fingerprint density at radius 1 is 1.23 bits per heavy atom. The fourth-order valence-electron chi connectivity index (χ4n) is 3.70. The smallest absolute Gasteiger partial charge is 0.341 e. The quantitative estimate of drug-likeness (QED) is 0.506. The van der Waals surface area contributed by atoms with Crippen LogP contribution in [0.4, 0.5) is 5.69 Å². The average molecular weight is 448 g/mol. The summed E-state index contributed by atoms with van der Waals surface area (Å²) in [5.41, 5.74) is 2.10. The molecule has 3 rings (SSSR count). The molecule has 168 valence electrons. The maximum absolute atomic E-state index is 13.0. The van der Waals surface area contributed by atoms with Crippen molar-refractivity contribution < 1.29 is 28.2 Å². The molecular formula is C23H29NO6S. The second-order valence-electron chi connectivity index (χ2n) is 7.92. The van der Waals surface area contributed by atoms with Crippen LogP contribution in [0.2, 0.25) is 0 Å². The summed E-state index contributed by atoms with van der Waals surface area (Å²) < 4.78 is 33.2. The van der Waals surface area contributed by atoms with Crippen LogP contribution in [0.3, 0.4) is 0 Å². The van der Waals surface area contributed by atoms with Crippen molar-refractivity contribution in [3.05, 3.63) is 53.1 Å². The third-order valence-corrected chi connectivity index (χ3v) is 7.27. The maximum Gasteiger partial charge on any atom is 0.341 e. The van der Waals surface area contributed by atoms with Crippen LogP contribution in [0, 0.1) is 5.92 Å². The number of carbonyl (C=O) groups is 1. The molecule has 31 heavy (non-hydrogen) atoms. The number of aryl methyl sites for hydroxylation is 2. The van der Waals surface area contributed by atoms with Crippen molar-refractivity contribution in [2.75, 3.05) is 11.8 Å². The van der Waals surface area contributed by atoms with E-state index in [0.717, 1.165) is 56.1 Å². The van der Waals surface area contributed by atoms with Gasteiger partial charge in [0.15, 0.2) is 0 Å². The molecule has 0 radical (unpaired) electrons. The maximum atomic E-state index is 13.0.